The summed E-state index contributed by atoms with van der Waals surface area (Å²) >= 11 is 1.15. The third kappa shape index (κ3) is 7.93. The summed E-state index contributed by atoms with van der Waals surface area (Å²) in [6, 6.07) is 0. The molecule has 118 valence electrons. The minimum Gasteiger partial charge on any atom is -0.465 e. The fraction of sp³-hybridized carbons (Fsp3) is 0.875. The number of thioether (sulfide) groups is 1. The van der Waals surface area contributed by atoms with E-state index in [1.165, 1.54) is 25.7 Å². The van der Waals surface area contributed by atoms with Gasteiger partial charge < -0.3 is 4.74 Å². The van der Waals surface area contributed by atoms with Gasteiger partial charge in [-0.25, -0.2) is 0 Å². The van der Waals surface area contributed by atoms with Gasteiger partial charge in [0.2, 0.25) is 0 Å². The van der Waals surface area contributed by atoms with E-state index in [0.717, 1.165) is 24.6 Å². The molecule has 0 rings (SSSR count). The normalized spacial score (nSPS) is 13.8. The van der Waals surface area contributed by atoms with E-state index in [0.29, 0.717) is 19.4 Å². The quantitative estimate of drug-likeness (QED) is 0.409. The van der Waals surface area contributed by atoms with Crippen molar-refractivity contribution in [3.05, 3.63) is 0 Å². The van der Waals surface area contributed by atoms with Crippen LogP contribution in [0.15, 0.2) is 0 Å². The van der Waals surface area contributed by atoms with Crippen molar-refractivity contribution in [2.75, 3.05) is 6.61 Å². The zero-order chi connectivity index (χ0) is 15.4. The molecule has 0 bridgehead atoms. The molecule has 4 heteroatoms. The van der Waals surface area contributed by atoms with Gasteiger partial charge in [0.25, 0.3) is 0 Å². The molecule has 3 nitrogen and oxygen atoms in total. The molecular weight excluding hydrogens is 272 g/mol. The van der Waals surface area contributed by atoms with Gasteiger partial charge in [-0.3, -0.25) is 9.59 Å². The van der Waals surface area contributed by atoms with Crippen LogP contribution in [0, 0.1) is 0 Å². The van der Waals surface area contributed by atoms with Crippen molar-refractivity contribution < 1.29 is 14.3 Å². The smallest absolute Gasteiger partial charge is 0.322 e. The lowest BCUT2D eigenvalue weighted by Crippen LogP contribution is -2.35. The molecule has 0 radical (unpaired) electrons. The lowest BCUT2D eigenvalue weighted by atomic mass is 10.0. The van der Waals surface area contributed by atoms with Crippen LogP contribution in [0.3, 0.4) is 0 Å². The molecule has 1 unspecified atom stereocenters. The Hall–Kier alpha value is -0.510. The van der Waals surface area contributed by atoms with E-state index in [1.54, 1.807) is 6.92 Å². The maximum atomic E-state index is 12.1. The lowest BCUT2D eigenvalue weighted by Gasteiger charge is -2.25. The Kier molecular flexibility index (Phi) is 10.9. The maximum Gasteiger partial charge on any atom is 0.322 e. The first-order chi connectivity index (χ1) is 9.50. The molecule has 0 fully saturated rings. The second-order valence-electron chi connectivity index (χ2n) is 5.30. The summed E-state index contributed by atoms with van der Waals surface area (Å²) in [6.07, 6.45) is 8.25. The van der Waals surface area contributed by atoms with Crippen molar-refractivity contribution in [3.8, 4) is 0 Å². The number of carbonyl (C=O) groups excluding carboxylic acids is 2. The molecule has 0 aliphatic heterocycles. The fourth-order valence-corrected chi connectivity index (χ4v) is 3.08. The van der Waals surface area contributed by atoms with Crippen LogP contribution < -0.4 is 0 Å². The first-order valence-electron chi connectivity index (χ1n) is 7.89. The van der Waals surface area contributed by atoms with Crippen molar-refractivity contribution >= 4 is 22.8 Å². The van der Waals surface area contributed by atoms with Crippen molar-refractivity contribution in [1.29, 1.82) is 0 Å². The van der Waals surface area contributed by atoms with Gasteiger partial charge in [0.1, 0.15) is 4.75 Å². The molecule has 0 aliphatic rings. The van der Waals surface area contributed by atoms with Crippen LogP contribution in [0.25, 0.3) is 0 Å². The molecule has 0 saturated carbocycles. The van der Waals surface area contributed by atoms with E-state index < -0.39 is 4.75 Å². The van der Waals surface area contributed by atoms with Crippen molar-refractivity contribution in [3.63, 3.8) is 0 Å². The van der Waals surface area contributed by atoms with E-state index in [2.05, 4.69) is 6.92 Å². The summed E-state index contributed by atoms with van der Waals surface area (Å²) < 4.78 is 4.42. The zero-order valence-corrected chi connectivity index (χ0v) is 14.3. The number of rotatable bonds is 11. The van der Waals surface area contributed by atoms with E-state index >= 15 is 0 Å². The minimum atomic E-state index is -0.714. The standard InChI is InChI=1S/C16H30O3S/c1-5-8-9-10-11-12-13-16(4,15(18)19-7-3)20-14(17)6-2/h5-13H2,1-4H3. The highest BCUT2D eigenvalue weighted by Crippen LogP contribution is 2.33. The predicted octanol–water partition coefficient (Wildman–Crippen LogP) is 4.73. The molecule has 0 aliphatic carbocycles. The number of unbranched alkanes of at least 4 members (excludes halogenated alkanes) is 5. The van der Waals surface area contributed by atoms with E-state index in [1.807, 2.05) is 13.8 Å². The lowest BCUT2D eigenvalue weighted by molar-refractivity contribution is -0.146. The second-order valence-corrected chi connectivity index (χ2v) is 6.86. The number of hydrogen-bond acceptors (Lipinski definition) is 4. The molecule has 20 heavy (non-hydrogen) atoms. The summed E-state index contributed by atoms with van der Waals surface area (Å²) in [7, 11) is 0. The number of carbonyl (C=O) groups is 2. The SMILES string of the molecule is CCCCCCCCC(C)(SC(=O)CC)C(=O)OCC. The highest BCUT2D eigenvalue weighted by Gasteiger charge is 2.37. The van der Waals surface area contributed by atoms with E-state index in [-0.39, 0.29) is 11.1 Å². The number of hydrogen-bond donors (Lipinski definition) is 0. The molecule has 0 saturated heterocycles. The topological polar surface area (TPSA) is 43.4 Å². The van der Waals surface area contributed by atoms with Crippen LogP contribution in [0.4, 0.5) is 0 Å². The van der Waals surface area contributed by atoms with Gasteiger partial charge in [-0.2, -0.15) is 0 Å². The Morgan fingerprint density at radius 2 is 1.60 bits per heavy atom. The van der Waals surface area contributed by atoms with Gasteiger partial charge in [-0.15, -0.1) is 0 Å². The first-order valence-corrected chi connectivity index (χ1v) is 8.70. The summed E-state index contributed by atoms with van der Waals surface area (Å²) in [5.41, 5.74) is 0. The van der Waals surface area contributed by atoms with Crippen LogP contribution in [0.5, 0.6) is 0 Å². The van der Waals surface area contributed by atoms with Crippen LogP contribution in [-0.4, -0.2) is 22.4 Å². The molecule has 0 spiro atoms. The summed E-state index contributed by atoms with van der Waals surface area (Å²) in [4.78, 5) is 23.8. The van der Waals surface area contributed by atoms with E-state index in [4.69, 9.17) is 4.74 Å². The predicted molar refractivity (Wildman–Crippen MR) is 85.9 cm³/mol. The molecule has 0 aromatic heterocycles. The minimum absolute atomic E-state index is 0.0616. The third-order valence-electron chi connectivity index (χ3n) is 3.34. The highest BCUT2D eigenvalue weighted by molar-refractivity contribution is 8.15. The number of ether oxygens (including phenoxy) is 1. The van der Waals surface area contributed by atoms with Gasteiger partial charge in [0, 0.05) is 6.42 Å². The molecule has 1 atom stereocenters. The maximum absolute atomic E-state index is 12.1. The molecule has 0 amide bonds. The molecule has 0 heterocycles. The Bertz CT molecular complexity index is 291. The average Bonchev–Trinajstić information content (AvgIpc) is 2.42. The Morgan fingerprint density at radius 1 is 1.00 bits per heavy atom. The Labute approximate surface area is 128 Å². The Morgan fingerprint density at radius 3 is 2.15 bits per heavy atom. The summed E-state index contributed by atoms with van der Waals surface area (Å²) in [5, 5.41) is 0.0616. The van der Waals surface area contributed by atoms with Crippen LogP contribution >= 0.6 is 11.8 Å². The molecular formula is C16H30O3S. The molecule has 0 aromatic rings. The monoisotopic (exact) mass is 302 g/mol. The van der Waals surface area contributed by atoms with Gasteiger partial charge in [0.05, 0.1) is 6.61 Å². The van der Waals surface area contributed by atoms with E-state index in [9.17, 15) is 9.59 Å². The van der Waals surface area contributed by atoms with Crippen molar-refractivity contribution in [2.45, 2.75) is 83.8 Å². The van der Waals surface area contributed by atoms with Crippen molar-refractivity contribution in [2.24, 2.45) is 0 Å². The van der Waals surface area contributed by atoms with Crippen LogP contribution in [0.2, 0.25) is 0 Å². The van der Waals surface area contributed by atoms with Gasteiger partial charge in [-0.1, -0.05) is 64.1 Å². The highest BCUT2D eigenvalue weighted by atomic mass is 32.2. The van der Waals surface area contributed by atoms with Gasteiger partial charge in [-0.05, 0) is 20.3 Å². The molecule has 0 aromatic carbocycles. The third-order valence-corrected chi connectivity index (χ3v) is 4.68. The second kappa shape index (κ2) is 11.2. The van der Waals surface area contributed by atoms with Crippen LogP contribution in [-0.2, 0) is 14.3 Å². The summed E-state index contributed by atoms with van der Waals surface area (Å²) in [5.74, 6) is -0.250. The van der Waals surface area contributed by atoms with Gasteiger partial charge in [0.15, 0.2) is 5.12 Å². The summed E-state index contributed by atoms with van der Waals surface area (Å²) in [6.45, 7) is 8.03. The van der Waals surface area contributed by atoms with Crippen LogP contribution in [0.1, 0.15) is 79.1 Å². The van der Waals surface area contributed by atoms with Gasteiger partial charge >= 0.3 is 5.97 Å². The zero-order valence-electron chi connectivity index (χ0n) is 13.5. The molecule has 0 N–H and O–H groups in total. The Balaban J connectivity index is 4.31. The largest absolute Gasteiger partial charge is 0.465 e. The van der Waals surface area contributed by atoms with Crippen molar-refractivity contribution in [1.82, 2.24) is 0 Å². The first kappa shape index (κ1) is 19.5. The fourth-order valence-electron chi connectivity index (χ4n) is 2.04. The average molecular weight is 302 g/mol. The number of esters is 1.